The lowest BCUT2D eigenvalue weighted by atomic mass is 9.95. The monoisotopic (exact) mass is 429 g/mol. The molecule has 3 aromatic rings. The molecule has 1 aliphatic rings. The van der Waals surface area contributed by atoms with Gasteiger partial charge in [-0.2, -0.15) is 9.97 Å². The van der Waals surface area contributed by atoms with E-state index in [4.69, 9.17) is 17.3 Å². The van der Waals surface area contributed by atoms with E-state index < -0.39 is 8.38 Å². The molecular formula is C20H21ClN5O2P. The van der Waals surface area contributed by atoms with Crippen LogP contribution in [-0.2, 0) is 12.8 Å². The van der Waals surface area contributed by atoms with Crippen LogP contribution in [0.15, 0.2) is 30.6 Å². The van der Waals surface area contributed by atoms with E-state index in [2.05, 4.69) is 28.0 Å². The largest absolute Gasteiger partial charge is 0.368 e. The van der Waals surface area contributed by atoms with Gasteiger partial charge in [0.1, 0.15) is 11.8 Å². The Hall–Kier alpha value is -2.31. The number of nitrogen functional groups attached to an aromatic ring is 1. The van der Waals surface area contributed by atoms with Gasteiger partial charge < -0.3 is 15.5 Å². The quantitative estimate of drug-likeness (QED) is 0.314. The Morgan fingerprint density at radius 3 is 2.93 bits per heavy atom. The van der Waals surface area contributed by atoms with Gasteiger partial charge in [0, 0.05) is 11.5 Å². The Balaban J connectivity index is 1.48. The Labute approximate surface area is 174 Å². The molecule has 9 heteroatoms. The number of nitrogens with zero attached hydrogens (tertiary/aromatic N) is 4. The number of aromatic nitrogens is 4. The minimum Gasteiger partial charge on any atom is -0.368 e. The molecule has 0 saturated carbocycles. The van der Waals surface area contributed by atoms with Gasteiger partial charge in [0.2, 0.25) is 5.95 Å². The highest BCUT2D eigenvalue weighted by atomic mass is 35.5. The van der Waals surface area contributed by atoms with E-state index in [0.29, 0.717) is 16.5 Å². The third-order valence-corrected chi connectivity index (χ3v) is 6.19. The maximum Gasteiger partial charge on any atom is 0.223 e. The first-order chi connectivity index (χ1) is 14.0. The predicted octanol–water partition coefficient (Wildman–Crippen LogP) is 3.44. The third kappa shape index (κ3) is 3.91. The molecule has 4 N–H and O–H groups in total. The summed E-state index contributed by atoms with van der Waals surface area (Å²) in [6, 6.07) is 3.86. The van der Waals surface area contributed by atoms with Crippen LogP contribution in [0.5, 0.6) is 0 Å². The molecule has 0 saturated heterocycles. The van der Waals surface area contributed by atoms with Crippen molar-refractivity contribution in [2.24, 2.45) is 0 Å². The highest BCUT2D eigenvalue weighted by Crippen LogP contribution is 2.35. The minimum atomic E-state index is -2.12. The maximum absolute atomic E-state index is 9.84. The van der Waals surface area contributed by atoms with Crippen molar-refractivity contribution in [3.63, 3.8) is 0 Å². The van der Waals surface area contributed by atoms with E-state index in [1.54, 1.807) is 10.9 Å². The zero-order valence-electron chi connectivity index (χ0n) is 15.9. The molecule has 0 radical (unpaired) electrons. The highest BCUT2D eigenvalue weighted by Gasteiger charge is 2.20. The average Bonchev–Trinajstić information content (AvgIpc) is 3.25. The van der Waals surface area contributed by atoms with Gasteiger partial charge in [-0.05, 0) is 60.9 Å². The predicted molar refractivity (Wildman–Crippen MR) is 118 cm³/mol. The van der Waals surface area contributed by atoms with Crippen molar-refractivity contribution in [1.29, 1.82) is 0 Å². The maximum atomic E-state index is 9.84. The number of hydrogen-bond donors (Lipinski definition) is 3. The number of benzene rings is 1. The summed E-state index contributed by atoms with van der Waals surface area (Å²) in [5, 5.41) is 0.887. The number of hydrogen-bond acceptors (Lipinski definition) is 6. The van der Waals surface area contributed by atoms with Crippen molar-refractivity contribution in [3.8, 4) is 0 Å². The van der Waals surface area contributed by atoms with Gasteiger partial charge in [-0.25, -0.2) is 4.98 Å². The molecule has 1 aliphatic carbocycles. The van der Waals surface area contributed by atoms with Crippen LogP contribution in [0.2, 0.25) is 5.15 Å². The van der Waals surface area contributed by atoms with Gasteiger partial charge in [-0.15, -0.1) is 0 Å². The minimum absolute atomic E-state index is 0.107. The summed E-state index contributed by atoms with van der Waals surface area (Å²) in [6.07, 6.45) is 11.1. The number of halogens is 1. The van der Waals surface area contributed by atoms with Crippen molar-refractivity contribution in [2.75, 3.05) is 5.73 Å². The Bertz CT molecular complexity index is 1140. The number of fused-ring (bicyclic) bond motifs is 2. The van der Waals surface area contributed by atoms with E-state index in [0.717, 1.165) is 31.2 Å². The summed E-state index contributed by atoms with van der Waals surface area (Å²) in [4.78, 5) is 32.0. The standard InChI is InChI=1S/C20H21ClN5O2P/c1-12-6-7-13-8-9-15(29(27)28)14(16(12)13)5-3-2-4-10-26-11-23-17-18(21)24-20(22)25-19(17)26/h4,6,8-11,27-28H,2-3,5,7H2,1H3,(H2,22,24,25)/b10-4+. The molecule has 0 aliphatic heterocycles. The lowest BCUT2D eigenvalue weighted by molar-refractivity contribution is 0.496. The lowest BCUT2D eigenvalue weighted by Crippen LogP contribution is -2.12. The van der Waals surface area contributed by atoms with Gasteiger partial charge >= 0.3 is 0 Å². The van der Waals surface area contributed by atoms with Crippen LogP contribution in [0.1, 0.15) is 36.5 Å². The third-order valence-electron chi connectivity index (χ3n) is 5.07. The number of imidazole rings is 1. The topological polar surface area (TPSA) is 110 Å². The first-order valence-corrected chi connectivity index (χ1v) is 10.9. The van der Waals surface area contributed by atoms with Gasteiger partial charge in [-0.1, -0.05) is 29.8 Å². The van der Waals surface area contributed by atoms with Crippen LogP contribution in [0.4, 0.5) is 5.95 Å². The SMILES string of the molecule is CC1=CCc2ccc(P(O)O)c(CCC/C=C/n3cnc4c(Cl)nc(N)nc43)c21. The molecule has 1 aromatic carbocycles. The lowest BCUT2D eigenvalue weighted by Gasteiger charge is -2.16. The highest BCUT2D eigenvalue weighted by molar-refractivity contribution is 7.54. The number of nitrogens with two attached hydrogens (primary N) is 1. The van der Waals surface area contributed by atoms with E-state index >= 15 is 0 Å². The molecule has 0 bridgehead atoms. The average molecular weight is 430 g/mol. The number of allylic oxidation sites excluding steroid dienone is 3. The molecule has 7 nitrogen and oxygen atoms in total. The van der Waals surface area contributed by atoms with Crippen LogP contribution in [0.25, 0.3) is 22.9 Å². The zero-order chi connectivity index (χ0) is 20.5. The summed E-state index contributed by atoms with van der Waals surface area (Å²) in [5.74, 6) is 0.107. The molecule has 0 spiro atoms. The van der Waals surface area contributed by atoms with Gasteiger partial charge in [-0.3, -0.25) is 4.57 Å². The second-order valence-electron chi connectivity index (χ2n) is 6.95. The molecule has 0 amide bonds. The van der Waals surface area contributed by atoms with Crippen molar-refractivity contribution >= 4 is 54.2 Å². The molecule has 29 heavy (non-hydrogen) atoms. The number of rotatable bonds is 6. The molecule has 150 valence electrons. The van der Waals surface area contributed by atoms with Crippen LogP contribution < -0.4 is 11.0 Å². The smallest absolute Gasteiger partial charge is 0.223 e. The Morgan fingerprint density at radius 2 is 2.14 bits per heavy atom. The Morgan fingerprint density at radius 1 is 1.31 bits per heavy atom. The van der Waals surface area contributed by atoms with E-state index in [1.807, 2.05) is 24.4 Å². The fraction of sp³-hybridized carbons (Fsp3) is 0.250. The normalized spacial score (nSPS) is 13.6. The van der Waals surface area contributed by atoms with Crippen molar-refractivity contribution < 1.29 is 9.79 Å². The number of unbranched alkanes of at least 4 members (excludes halogenated alkanes) is 1. The molecule has 0 atom stereocenters. The second kappa shape index (κ2) is 8.20. The fourth-order valence-corrected chi connectivity index (χ4v) is 4.64. The van der Waals surface area contributed by atoms with Crippen molar-refractivity contribution in [3.05, 3.63) is 52.5 Å². The summed E-state index contributed by atoms with van der Waals surface area (Å²) in [5.41, 5.74) is 11.5. The van der Waals surface area contributed by atoms with Gasteiger partial charge in [0.15, 0.2) is 19.2 Å². The summed E-state index contributed by atoms with van der Waals surface area (Å²) < 4.78 is 1.76. The molecule has 2 aromatic heterocycles. The summed E-state index contributed by atoms with van der Waals surface area (Å²) >= 11 is 6.05. The van der Waals surface area contributed by atoms with Crippen molar-refractivity contribution in [2.45, 2.75) is 32.6 Å². The zero-order valence-corrected chi connectivity index (χ0v) is 17.5. The van der Waals surface area contributed by atoms with Gasteiger partial charge in [0.25, 0.3) is 0 Å². The molecular weight excluding hydrogens is 409 g/mol. The Kier molecular flexibility index (Phi) is 5.65. The van der Waals surface area contributed by atoms with E-state index in [-0.39, 0.29) is 11.1 Å². The van der Waals surface area contributed by atoms with Crippen LogP contribution in [0, 0.1) is 0 Å². The molecule has 4 rings (SSSR count). The van der Waals surface area contributed by atoms with Crippen LogP contribution >= 0.6 is 20.0 Å². The van der Waals surface area contributed by atoms with E-state index in [1.165, 1.54) is 16.7 Å². The van der Waals surface area contributed by atoms with E-state index in [9.17, 15) is 9.79 Å². The summed E-state index contributed by atoms with van der Waals surface area (Å²) in [6.45, 7) is 2.08. The fourth-order valence-electron chi connectivity index (χ4n) is 3.74. The number of anilines is 1. The molecule has 0 fully saturated rings. The first kappa shape index (κ1) is 20.0. The van der Waals surface area contributed by atoms with Crippen molar-refractivity contribution in [1.82, 2.24) is 19.5 Å². The van der Waals surface area contributed by atoms with Crippen LogP contribution in [-0.4, -0.2) is 29.3 Å². The molecule has 2 heterocycles. The van der Waals surface area contributed by atoms with Gasteiger partial charge in [0.05, 0.1) is 0 Å². The summed E-state index contributed by atoms with van der Waals surface area (Å²) in [7, 11) is -2.12. The van der Waals surface area contributed by atoms with Crippen LogP contribution in [0.3, 0.4) is 0 Å². The molecule has 0 unspecified atom stereocenters. The first-order valence-electron chi connectivity index (χ1n) is 9.27. The second-order valence-corrected chi connectivity index (χ2v) is 8.37.